The van der Waals surface area contributed by atoms with Crippen molar-refractivity contribution >= 4 is 21.6 Å². The molecule has 15 heavy (non-hydrogen) atoms. The zero-order chi connectivity index (χ0) is 10.8. The lowest BCUT2D eigenvalue weighted by Gasteiger charge is -1.98. The molecule has 0 aliphatic heterocycles. The molecule has 0 bridgehead atoms. The van der Waals surface area contributed by atoms with Crippen molar-refractivity contribution in [2.24, 2.45) is 5.73 Å². The molecule has 0 atom stereocenters. The van der Waals surface area contributed by atoms with Crippen LogP contribution in [0.2, 0.25) is 0 Å². The summed E-state index contributed by atoms with van der Waals surface area (Å²) in [6.45, 7) is 0.492. The van der Waals surface area contributed by atoms with E-state index in [-0.39, 0.29) is 0 Å². The van der Waals surface area contributed by atoms with E-state index in [2.05, 4.69) is 0 Å². The highest BCUT2D eigenvalue weighted by atomic mass is 32.1. The summed E-state index contributed by atoms with van der Waals surface area (Å²) in [5, 5.41) is 12.5. The summed E-state index contributed by atoms with van der Waals surface area (Å²) in [6.07, 6.45) is 0.616. The third-order valence-corrected chi connectivity index (χ3v) is 3.35. The predicted molar refractivity (Wildman–Crippen MR) is 60.1 cm³/mol. The second kappa shape index (κ2) is 4.04. The number of hydrogen-bond donors (Lipinski definition) is 1. The summed E-state index contributed by atoms with van der Waals surface area (Å²) in [5.74, 6) is 0.767. The molecule has 0 amide bonds. The second-order valence-corrected chi connectivity index (χ2v) is 4.28. The lowest BCUT2D eigenvalue weighted by atomic mass is 10.3. The first-order chi connectivity index (χ1) is 7.26. The number of nitrogens with two attached hydrogens (primary N) is 1. The van der Waals surface area contributed by atoms with E-state index in [0.717, 1.165) is 20.2 Å². The second-order valence-electron chi connectivity index (χ2n) is 3.16. The zero-order valence-corrected chi connectivity index (χ0v) is 9.21. The van der Waals surface area contributed by atoms with Gasteiger partial charge < -0.3 is 15.7 Å². The first kappa shape index (κ1) is 10.2. The normalized spacial score (nSPS) is 10.8. The molecule has 1 heterocycles. The smallest absolute Gasteiger partial charge is 0.250 e. The highest BCUT2D eigenvalue weighted by Crippen LogP contribution is 2.24. The van der Waals surface area contributed by atoms with Gasteiger partial charge in [-0.2, -0.15) is 4.73 Å². The van der Waals surface area contributed by atoms with Gasteiger partial charge in [0.1, 0.15) is 10.4 Å². The van der Waals surface area contributed by atoms with E-state index in [1.807, 2.05) is 6.07 Å². The SMILES string of the molecule is COc1ccc2c(c1)sc(CCN)[n+]2[O-]. The number of hydrogen-bond acceptors (Lipinski definition) is 4. The Balaban J connectivity index is 2.55. The maximum atomic E-state index is 11.7. The van der Waals surface area contributed by atoms with Gasteiger partial charge in [0.15, 0.2) is 0 Å². The molecule has 0 saturated carbocycles. The van der Waals surface area contributed by atoms with Gasteiger partial charge in [0.2, 0.25) is 5.52 Å². The van der Waals surface area contributed by atoms with Gasteiger partial charge in [-0.05, 0) is 6.07 Å². The molecular weight excluding hydrogens is 212 g/mol. The molecule has 0 spiro atoms. The molecule has 0 saturated heterocycles. The highest BCUT2D eigenvalue weighted by molar-refractivity contribution is 7.18. The van der Waals surface area contributed by atoms with Crippen LogP contribution in [-0.4, -0.2) is 13.7 Å². The molecule has 0 aliphatic rings. The molecule has 2 aromatic rings. The van der Waals surface area contributed by atoms with E-state index in [0.29, 0.717) is 18.5 Å². The molecule has 4 nitrogen and oxygen atoms in total. The van der Waals surface area contributed by atoms with E-state index in [4.69, 9.17) is 10.5 Å². The fraction of sp³-hybridized carbons (Fsp3) is 0.300. The van der Waals surface area contributed by atoms with Crippen LogP contribution in [0.4, 0.5) is 0 Å². The number of ether oxygens (including phenoxy) is 1. The molecule has 0 unspecified atom stereocenters. The summed E-state index contributed by atoms with van der Waals surface area (Å²) in [4.78, 5) is 0. The van der Waals surface area contributed by atoms with Crippen LogP contribution in [0, 0.1) is 5.21 Å². The number of nitrogens with zero attached hydrogens (tertiary/aromatic N) is 1. The van der Waals surface area contributed by atoms with Crippen LogP contribution < -0.4 is 15.2 Å². The minimum Gasteiger partial charge on any atom is -0.617 e. The number of benzene rings is 1. The van der Waals surface area contributed by atoms with Gasteiger partial charge in [-0.3, -0.25) is 0 Å². The van der Waals surface area contributed by atoms with Gasteiger partial charge in [-0.1, -0.05) is 11.3 Å². The highest BCUT2D eigenvalue weighted by Gasteiger charge is 2.15. The van der Waals surface area contributed by atoms with Crippen molar-refractivity contribution in [1.29, 1.82) is 0 Å². The van der Waals surface area contributed by atoms with Gasteiger partial charge in [0, 0.05) is 18.7 Å². The van der Waals surface area contributed by atoms with E-state index in [1.54, 1.807) is 19.2 Å². The zero-order valence-electron chi connectivity index (χ0n) is 8.40. The molecule has 0 radical (unpaired) electrons. The summed E-state index contributed by atoms with van der Waals surface area (Å²) in [7, 11) is 1.61. The average molecular weight is 224 g/mol. The van der Waals surface area contributed by atoms with Crippen LogP contribution in [0.1, 0.15) is 5.01 Å². The Morgan fingerprint density at radius 3 is 3.00 bits per heavy atom. The monoisotopic (exact) mass is 224 g/mol. The molecule has 5 heteroatoms. The molecule has 0 fully saturated rings. The molecule has 1 aromatic heterocycles. The Hall–Kier alpha value is -1.33. The maximum Gasteiger partial charge on any atom is 0.250 e. The minimum absolute atomic E-state index is 0.492. The van der Waals surface area contributed by atoms with Crippen molar-refractivity contribution in [3.05, 3.63) is 28.4 Å². The third-order valence-electron chi connectivity index (χ3n) is 2.20. The quantitative estimate of drug-likeness (QED) is 0.626. The lowest BCUT2D eigenvalue weighted by molar-refractivity contribution is -0.580. The Labute approximate surface area is 91.5 Å². The molecule has 2 N–H and O–H groups in total. The van der Waals surface area contributed by atoms with Crippen LogP contribution in [0.5, 0.6) is 5.75 Å². The van der Waals surface area contributed by atoms with Gasteiger partial charge in [-0.25, -0.2) is 0 Å². The Bertz CT molecular complexity index is 481. The average Bonchev–Trinajstić information content (AvgIpc) is 2.56. The maximum absolute atomic E-state index is 11.7. The number of fused-ring (bicyclic) bond motifs is 1. The lowest BCUT2D eigenvalue weighted by Crippen LogP contribution is -2.29. The van der Waals surface area contributed by atoms with Crippen molar-refractivity contribution in [2.75, 3.05) is 13.7 Å². The number of methoxy groups -OCH3 is 1. The van der Waals surface area contributed by atoms with E-state index in [1.165, 1.54) is 11.3 Å². The minimum atomic E-state index is 0.492. The molecule has 80 valence electrons. The standard InChI is InChI=1S/C10H12N2O2S/c1-14-7-2-3-8-9(6-7)15-10(4-5-11)12(8)13/h2-3,6H,4-5,11H2,1H3. The molecular formula is C10H12N2O2S. The Morgan fingerprint density at radius 1 is 1.53 bits per heavy atom. The first-order valence-corrected chi connectivity index (χ1v) is 5.47. The van der Waals surface area contributed by atoms with Crippen LogP contribution in [0.25, 0.3) is 10.2 Å². The van der Waals surface area contributed by atoms with Crippen molar-refractivity contribution < 1.29 is 9.47 Å². The molecule has 1 aromatic carbocycles. The number of thiazole rings is 1. The fourth-order valence-electron chi connectivity index (χ4n) is 1.45. The number of aromatic nitrogens is 1. The van der Waals surface area contributed by atoms with Crippen molar-refractivity contribution in [1.82, 2.24) is 0 Å². The van der Waals surface area contributed by atoms with Crippen LogP contribution in [-0.2, 0) is 6.42 Å². The number of rotatable bonds is 3. The van der Waals surface area contributed by atoms with Crippen LogP contribution in [0.15, 0.2) is 18.2 Å². The van der Waals surface area contributed by atoms with Crippen molar-refractivity contribution in [2.45, 2.75) is 6.42 Å². The van der Waals surface area contributed by atoms with Gasteiger partial charge in [0.25, 0.3) is 5.01 Å². The van der Waals surface area contributed by atoms with Gasteiger partial charge in [0.05, 0.1) is 13.5 Å². The largest absolute Gasteiger partial charge is 0.617 e. The molecule has 2 rings (SSSR count). The topological polar surface area (TPSA) is 62.2 Å². The first-order valence-electron chi connectivity index (χ1n) is 4.65. The Kier molecular flexibility index (Phi) is 2.75. The third kappa shape index (κ3) is 1.75. The summed E-state index contributed by atoms with van der Waals surface area (Å²) >= 11 is 1.47. The summed E-state index contributed by atoms with van der Waals surface area (Å²) in [5.41, 5.74) is 6.12. The van der Waals surface area contributed by atoms with Crippen molar-refractivity contribution in [3.8, 4) is 5.75 Å². The van der Waals surface area contributed by atoms with E-state index < -0.39 is 0 Å². The van der Waals surface area contributed by atoms with E-state index in [9.17, 15) is 5.21 Å². The fourth-order valence-corrected chi connectivity index (χ4v) is 2.54. The molecule has 0 aliphatic carbocycles. The van der Waals surface area contributed by atoms with Crippen LogP contribution >= 0.6 is 11.3 Å². The van der Waals surface area contributed by atoms with Gasteiger partial charge in [-0.15, -0.1) is 0 Å². The Morgan fingerprint density at radius 2 is 2.33 bits per heavy atom. The van der Waals surface area contributed by atoms with Crippen molar-refractivity contribution in [3.63, 3.8) is 0 Å². The van der Waals surface area contributed by atoms with Crippen LogP contribution in [0.3, 0.4) is 0 Å². The van der Waals surface area contributed by atoms with E-state index >= 15 is 0 Å². The predicted octanol–water partition coefficient (Wildman–Crippen LogP) is 1.04. The summed E-state index contributed by atoms with van der Waals surface area (Å²) < 4.78 is 6.99. The van der Waals surface area contributed by atoms with Gasteiger partial charge >= 0.3 is 0 Å². The summed E-state index contributed by atoms with van der Waals surface area (Å²) in [6, 6.07) is 5.43.